The normalized spacial score (nSPS) is 10.5. The second-order valence-corrected chi connectivity index (χ2v) is 5.28. The Labute approximate surface area is 125 Å². The van der Waals surface area contributed by atoms with Crippen molar-refractivity contribution in [1.29, 1.82) is 0 Å². The molecule has 0 fully saturated rings. The van der Waals surface area contributed by atoms with Gasteiger partial charge in [0.25, 0.3) is 0 Å². The van der Waals surface area contributed by atoms with Gasteiger partial charge >= 0.3 is 0 Å². The Bertz CT molecular complexity index is 580. The lowest BCUT2D eigenvalue weighted by atomic mass is 10.2. The molecule has 0 amide bonds. The zero-order chi connectivity index (χ0) is 13.8. The van der Waals surface area contributed by atoms with Crippen LogP contribution in [0.25, 0.3) is 0 Å². The maximum Gasteiger partial charge on any atom is 0.140 e. The summed E-state index contributed by atoms with van der Waals surface area (Å²) < 4.78 is 1.03. The second-order valence-electron chi connectivity index (χ2n) is 4.07. The number of aliphatic hydroxyl groups excluding tert-OH is 1. The quantitative estimate of drug-likeness (QED) is 0.868. The van der Waals surface area contributed by atoms with Crippen LogP contribution in [0.4, 0.5) is 5.82 Å². The van der Waals surface area contributed by atoms with Crippen LogP contribution in [0.3, 0.4) is 0 Å². The van der Waals surface area contributed by atoms with Crippen molar-refractivity contribution in [2.75, 3.05) is 11.9 Å². The first kappa shape index (κ1) is 14.2. The summed E-state index contributed by atoms with van der Waals surface area (Å²) in [5.41, 5.74) is 1.67. The van der Waals surface area contributed by atoms with Gasteiger partial charge in [0.05, 0.1) is 12.2 Å². The summed E-state index contributed by atoms with van der Waals surface area (Å²) >= 11 is 9.47. The van der Waals surface area contributed by atoms with Gasteiger partial charge in [-0.3, -0.25) is 0 Å². The molecule has 2 aromatic rings. The minimum absolute atomic E-state index is 0.185. The van der Waals surface area contributed by atoms with Crippen molar-refractivity contribution in [3.8, 4) is 0 Å². The molecule has 0 aliphatic rings. The maximum absolute atomic E-state index is 9.37. The van der Waals surface area contributed by atoms with Gasteiger partial charge in [-0.2, -0.15) is 0 Å². The summed E-state index contributed by atoms with van der Waals surface area (Å²) in [5.74, 6) is 0.637. The Morgan fingerprint density at radius 2 is 2.05 bits per heavy atom. The highest BCUT2D eigenvalue weighted by molar-refractivity contribution is 9.10. The zero-order valence-electron chi connectivity index (χ0n) is 10.3. The average molecular weight is 343 g/mol. The van der Waals surface area contributed by atoms with Crippen molar-refractivity contribution in [2.45, 2.75) is 13.2 Å². The van der Waals surface area contributed by atoms with Crippen molar-refractivity contribution >= 4 is 33.3 Å². The molecule has 0 spiro atoms. The monoisotopic (exact) mass is 341 g/mol. The number of hydrogen-bond donors (Lipinski definition) is 1. The van der Waals surface area contributed by atoms with Gasteiger partial charge in [0, 0.05) is 18.1 Å². The Morgan fingerprint density at radius 1 is 1.32 bits per heavy atom. The third kappa shape index (κ3) is 3.23. The molecule has 1 N–H and O–H groups in total. The zero-order valence-corrected chi connectivity index (χ0v) is 12.7. The maximum atomic E-state index is 9.37. The molecule has 2 rings (SSSR count). The summed E-state index contributed by atoms with van der Waals surface area (Å²) in [7, 11) is 1.90. The van der Waals surface area contributed by atoms with Crippen molar-refractivity contribution in [3.05, 3.63) is 51.3 Å². The van der Waals surface area contributed by atoms with Crippen molar-refractivity contribution < 1.29 is 5.11 Å². The van der Waals surface area contributed by atoms with Gasteiger partial charge in [0.1, 0.15) is 17.3 Å². The fraction of sp³-hybridized carbons (Fsp3) is 0.231. The van der Waals surface area contributed by atoms with Crippen molar-refractivity contribution in [1.82, 2.24) is 9.97 Å². The SMILES string of the molecule is CN(Cc1ccccc1Br)c1ncnc(Cl)c1CO. The third-order valence-corrected chi connectivity index (χ3v) is 3.85. The lowest BCUT2D eigenvalue weighted by Crippen LogP contribution is -2.20. The minimum atomic E-state index is -0.185. The average Bonchev–Trinajstić information content (AvgIpc) is 2.41. The molecular weight excluding hydrogens is 330 g/mol. The standard InChI is InChI=1S/C13H13BrClN3O/c1-18(6-9-4-2-3-5-11(9)14)13-10(7-19)12(15)16-8-17-13/h2-5,8,19H,6-7H2,1H3. The van der Waals surface area contributed by atoms with Gasteiger partial charge < -0.3 is 10.0 Å². The number of nitrogens with zero attached hydrogens (tertiary/aromatic N) is 3. The van der Waals surface area contributed by atoms with E-state index in [0.29, 0.717) is 17.9 Å². The summed E-state index contributed by atoms with van der Waals surface area (Å²) in [6.45, 7) is 0.469. The fourth-order valence-corrected chi connectivity index (χ4v) is 2.40. The fourth-order valence-electron chi connectivity index (χ4n) is 1.80. The van der Waals surface area contributed by atoms with Crippen LogP contribution < -0.4 is 4.90 Å². The first-order chi connectivity index (χ1) is 9.13. The first-order valence-electron chi connectivity index (χ1n) is 5.68. The van der Waals surface area contributed by atoms with Gasteiger partial charge in [-0.1, -0.05) is 45.7 Å². The number of hydrogen-bond acceptors (Lipinski definition) is 4. The van der Waals surface area contributed by atoms with Gasteiger partial charge in [0.15, 0.2) is 0 Å². The topological polar surface area (TPSA) is 49.2 Å². The highest BCUT2D eigenvalue weighted by atomic mass is 79.9. The molecule has 0 unspecified atom stereocenters. The molecule has 0 aliphatic heterocycles. The molecule has 1 aromatic heterocycles. The number of rotatable bonds is 4. The molecule has 0 atom stereocenters. The molecular formula is C13H13BrClN3O. The summed E-state index contributed by atoms with van der Waals surface area (Å²) in [5, 5.41) is 9.65. The Hall–Kier alpha value is -1.17. The van der Waals surface area contributed by atoms with Gasteiger partial charge in [-0.15, -0.1) is 0 Å². The van der Waals surface area contributed by atoms with Gasteiger partial charge in [0.2, 0.25) is 0 Å². The van der Waals surface area contributed by atoms with E-state index in [2.05, 4.69) is 25.9 Å². The van der Waals surface area contributed by atoms with E-state index in [9.17, 15) is 5.11 Å². The lowest BCUT2D eigenvalue weighted by Gasteiger charge is -2.21. The largest absolute Gasteiger partial charge is 0.391 e. The molecule has 0 bridgehead atoms. The van der Waals surface area contributed by atoms with E-state index >= 15 is 0 Å². The van der Waals surface area contributed by atoms with E-state index in [1.54, 1.807) is 0 Å². The van der Waals surface area contributed by atoms with E-state index in [4.69, 9.17) is 11.6 Å². The van der Waals surface area contributed by atoms with Crippen LogP contribution in [-0.2, 0) is 13.2 Å². The predicted octanol–water partition coefficient (Wildman–Crippen LogP) is 3.02. The summed E-state index contributed by atoms with van der Waals surface area (Å²) in [6.07, 6.45) is 1.40. The molecule has 6 heteroatoms. The number of anilines is 1. The molecule has 4 nitrogen and oxygen atoms in total. The Kier molecular flexibility index (Phi) is 4.74. The smallest absolute Gasteiger partial charge is 0.140 e. The van der Waals surface area contributed by atoms with E-state index < -0.39 is 0 Å². The Balaban J connectivity index is 2.28. The molecule has 0 saturated carbocycles. The molecule has 100 valence electrons. The van der Waals surface area contributed by atoms with E-state index in [0.717, 1.165) is 10.0 Å². The van der Waals surface area contributed by atoms with Crippen LogP contribution in [-0.4, -0.2) is 22.1 Å². The number of halogens is 2. The molecule has 1 aromatic carbocycles. The third-order valence-electron chi connectivity index (χ3n) is 2.76. The Morgan fingerprint density at radius 3 is 2.74 bits per heavy atom. The first-order valence-corrected chi connectivity index (χ1v) is 6.85. The van der Waals surface area contributed by atoms with E-state index in [1.807, 2.05) is 36.2 Å². The highest BCUT2D eigenvalue weighted by Gasteiger charge is 2.13. The number of aliphatic hydroxyl groups is 1. The number of benzene rings is 1. The van der Waals surface area contributed by atoms with E-state index in [-0.39, 0.29) is 11.8 Å². The molecule has 0 aliphatic carbocycles. The molecule has 19 heavy (non-hydrogen) atoms. The highest BCUT2D eigenvalue weighted by Crippen LogP contribution is 2.25. The van der Waals surface area contributed by atoms with Crippen LogP contribution in [0, 0.1) is 0 Å². The molecule has 1 heterocycles. The second kappa shape index (κ2) is 6.32. The van der Waals surface area contributed by atoms with Gasteiger partial charge in [-0.05, 0) is 11.6 Å². The van der Waals surface area contributed by atoms with Gasteiger partial charge in [-0.25, -0.2) is 9.97 Å². The minimum Gasteiger partial charge on any atom is -0.391 e. The molecule has 0 saturated heterocycles. The lowest BCUT2D eigenvalue weighted by molar-refractivity contribution is 0.281. The van der Waals surface area contributed by atoms with Crippen LogP contribution in [0.5, 0.6) is 0 Å². The van der Waals surface area contributed by atoms with E-state index in [1.165, 1.54) is 6.33 Å². The number of aromatic nitrogens is 2. The van der Waals surface area contributed by atoms with Crippen molar-refractivity contribution in [3.63, 3.8) is 0 Å². The summed E-state index contributed by atoms with van der Waals surface area (Å²) in [4.78, 5) is 10.00. The van der Waals surface area contributed by atoms with Crippen LogP contribution in [0.1, 0.15) is 11.1 Å². The van der Waals surface area contributed by atoms with Crippen molar-refractivity contribution in [2.24, 2.45) is 0 Å². The molecule has 0 radical (unpaired) electrons. The van der Waals surface area contributed by atoms with Crippen LogP contribution >= 0.6 is 27.5 Å². The van der Waals surface area contributed by atoms with Crippen LogP contribution in [0.2, 0.25) is 5.15 Å². The summed E-state index contributed by atoms with van der Waals surface area (Å²) in [6, 6.07) is 7.97. The predicted molar refractivity (Wildman–Crippen MR) is 79.2 cm³/mol. The van der Waals surface area contributed by atoms with Crippen LogP contribution in [0.15, 0.2) is 35.1 Å².